The maximum absolute atomic E-state index is 11.0. The van der Waals surface area contributed by atoms with Crippen LogP contribution in [0.5, 0.6) is 5.75 Å². The summed E-state index contributed by atoms with van der Waals surface area (Å²) in [6.45, 7) is 2.88. The minimum atomic E-state index is -0.0381. The number of hydrogen-bond acceptors (Lipinski definition) is 3. The van der Waals surface area contributed by atoms with Crippen molar-refractivity contribution in [1.29, 1.82) is 0 Å². The SMILES string of the molecule is CCOc1ccc(NCC(=O)NC)cc1. The lowest BCUT2D eigenvalue weighted by molar-refractivity contribution is -0.118. The van der Waals surface area contributed by atoms with Crippen molar-refractivity contribution in [3.05, 3.63) is 24.3 Å². The summed E-state index contributed by atoms with van der Waals surface area (Å²) in [4.78, 5) is 11.0. The van der Waals surface area contributed by atoms with Crippen molar-refractivity contribution in [2.75, 3.05) is 25.5 Å². The van der Waals surface area contributed by atoms with Crippen molar-refractivity contribution in [3.63, 3.8) is 0 Å². The van der Waals surface area contributed by atoms with Crippen LogP contribution in [0.15, 0.2) is 24.3 Å². The van der Waals surface area contributed by atoms with Crippen LogP contribution in [0.4, 0.5) is 5.69 Å². The summed E-state index contributed by atoms with van der Waals surface area (Å²) in [5.41, 5.74) is 0.905. The summed E-state index contributed by atoms with van der Waals surface area (Å²) in [5, 5.41) is 5.54. The van der Waals surface area contributed by atoms with Gasteiger partial charge in [0.15, 0.2) is 0 Å². The third-order valence-electron chi connectivity index (χ3n) is 1.90. The largest absolute Gasteiger partial charge is 0.494 e. The lowest BCUT2D eigenvalue weighted by Crippen LogP contribution is -2.26. The van der Waals surface area contributed by atoms with Gasteiger partial charge in [0.2, 0.25) is 5.91 Å². The van der Waals surface area contributed by atoms with Gasteiger partial charge in [0.05, 0.1) is 13.2 Å². The fourth-order valence-corrected chi connectivity index (χ4v) is 1.11. The van der Waals surface area contributed by atoms with E-state index >= 15 is 0 Å². The third-order valence-corrected chi connectivity index (χ3v) is 1.90. The summed E-state index contributed by atoms with van der Waals surface area (Å²) < 4.78 is 5.30. The standard InChI is InChI=1S/C11H16N2O2/c1-3-15-10-6-4-9(5-7-10)13-8-11(14)12-2/h4-7,13H,3,8H2,1-2H3,(H,12,14). The first-order chi connectivity index (χ1) is 7.26. The molecule has 0 aliphatic carbocycles. The maximum atomic E-state index is 11.0. The molecule has 0 heterocycles. The van der Waals surface area contributed by atoms with Crippen molar-refractivity contribution < 1.29 is 9.53 Å². The molecule has 2 N–H and O–H groups in total. The van der Waals surface area contributed by atoms with Crippen LogP contribution < -0.4 is 15.4 Å². The number of ether oxygens (including phenoxy) is 1. The molecule has 0 aliphatic rings. The fourth-order valence-electron chi connectivity index (χ4n) is 1.11. The number of rotatable bonds is 5. The second kappa shape index (κ2) is 5.90. The minimum absolute atomic E-state index is 0.0381. The zero-order valence-corrected chi connectivity index (χ0v) is 9.04. The summed E-state index contributed by atoms with van der Waals surface area (Å²) in [6.07, 6.45) is 0. The maximum Gasteiger partial charge on any atom is 0.239 e. The van der Waals surface area contributed by atoms with E-state index in [9.17, 15) is 4.79 Å². The van der Waals surface area contributed by atoms with E-state index in [2.05, 4.69) is 10.6 Å². The van der Waals surface area contributed by atoms with E-state index in [-0.39, 0.29) is 12.5 Å². The molecule has 0 radical (unpaired) electrons. The van der Waals surface area contributed by atoms with Gasteiger partial charge in [0, 0.05) is 12.7 Å². The lowest BCUT2D eigenvalue weighted by Gasteiger charge is -2.07. The Balaban J connectivity index is 2.45. The summed E-state index contributed by atoms with van der Waals surface area (Å²) >= 11 is 0. The average molecular weight is 208 g/mol. The van der Waals surface area contributed by atoms with Crippen molar-refractivity contribution in [2.45, 2.75) is 6.92 Å². The highest BCUT2D eigenvalue weighted by molar-refractivity contribution is 5.80. The van der Waals surface area contributed by atoms with Gasteiger partial charge in [-0.15, -0.1) is 0 Å². The topological polar surface area (TPSA) is 50.4 Å². The smallest absolute Gasteiger partial charge is 0.239 e. The fraction of sp³-hybridized carbons (Fsp3) is 0.364. The molecular weight excluding hydrogens is 192 g/mol. The predicted molar refractivity (Wildman–Crippen MR) is 60.2 cm³/mol. The Morgan fingerprint density at radius 1 is 1.33 bits per heavy atom. The quantitative estimate of drug-likeness (QED) is 0.765. The van der Waals surface area contributed by atoms with Gasteiger partial charge in [-0.3, -0.25) is 4.79 Å². The first kappa shape index (κ1) is 11.4. The number of carbonyl (C=O) groups excluding carboxylic acids is 1. The molecule has 82 valence electrons. The molecule has 0 fully saturated rings. The predicted octanol–water partition coefficient (Wildman–Crippen LogP) is 1.24. The second-order valence-electron chi connectivity index (χ2n) is 2.98. The highest BCUT2D eigenvalue weighted by Gasteiger charge is 1.97. The van der Waals surface area contributed by atoms with Gasteiger partial charge in [-0.1, -0.05) is 0 Å². The molecular formula is C11H16N2O2. The molecule has 0 atom stereocenters. The van der Waals surface area contributed by atoms with Crippen molar-refractivity contribution in [1.82, 2.24) is 5.32 Å². The van der Waals surface area contributed by atoms with E-state index in [4.69, 9.17) is 4.74 Å². The van der Waals surface area contributed by atoms with Crippen LogP contribution in [0.2, 0.25) is 0 Å². The molecule has 0 unspecified atom stereocenters. The molecule has 0 aromatic heterocycles. The molecule has 0 bridgehead atoms. The van der Waals surface area contributed by atoms with Crippen LogP contribution in [0, 0.1) is 0 Å². The summed E-state index contributed by atoms with van der Waals surface area (Å²) in [6, 6.07) is 7.51. The molecule has 1 aromatic rings. The van der Waals surface area contributed by atoms with Gasteiger partial charge < -0.3 is 15.4 Å². The Hall–Kier alpha value is -1.71. The molecule has 0 spiro atoms. The number of carbonyl (C=O) groups is 1. The zero-order valence-electron chi connectivity index (χ0n) is 9.04. The average Bonchev–Trinajstić information content (AvgIpc) is 2.28. The molecule has 4 heteroatoms. The summed E-state index contributed by atoms with van der Waals surface area (Å²) in [5.74, 6) is 0.798. The Labute approximate surface area is 89.6 Å². The number of anilines is 1. The molecule has 4 nitrogen and oxygen atoms in total. The van der Waals surface area contributed by atoms with Crippen molar-refractivity contribution in [3.8, 4) is 5.75 Å². The molecule has 0 saturated carbocycles. The van der Waals surface area contributed by atoms with E-state index in [1.54, 1.807) is 7.05 Å². The van der Waals surface area contributed by atoms with E-state index in [1.165, 1.54) is 0 Å². The van der Waals surface area contributed by atoms with E-state index < -0.39 is 0 Å². The molecule has 0 saturated heterocycles. The Kier molecular flexibility index (Phi) is 4.47. The molecule has 0 aliphatic heterocycles. The first-order valence-corrected chi connectivity index (χ1v) is 4.93. The Morgan fingerprint density at radius 2 is 2.00 bits per heavy atom. The van der Waals surface area contributed by atoms with Gasteiger partial charge >= 0.3 is 0 Å². The number of nitrogens with one attached hydrogen (secondary N) is 2. The van der Waals surface area contributed by atoms with Gasteiger partial charge in [-0.05, 0) is 31.2 Å². The van der Waals surface area contributed by atoms with Crippen LogP contribution in [-0.2, 0) is 4.79 Å². The number of amides is 1. The monoisotopic (exact) mass is 208 g/mol. The van der Waals surface area contributed by atoms with Crippen LogP contribution in [0.3, 0.4) is 0 Å². The Bertz CT molecular complexity index is 309. The van der Waals surface area contributed by atoms with Gasteiger partial charge in [0.25, 0.3) is 0 Å². The highest BCUT2D eigenvalue weighted by Crippen LogP contribution is 2.15. The zero-order chi connectivity index (χ0) is 11.1. The van der Waals surface area contributed by atoms with Gasteiger partial charge in [0.1, 0.15) is 5.75 Å². The van der Waals surface area contributed by atoms with Crippen LogP contribution in [-0.4, -0.2) is 26.1 Å². The molecule has 1 amide bonds. The van der Waals surface area contributed by atoms with Gasteiger partial charge in [-0.25, -0.2) is 0 Å². The summed E-state index contributed by atoms with van der Waals surface area (Å²) in [7, 11) is 1.61. The Morgan fingerprint density at radius 3 is 2.53 bits per heavy atom. The normalized spacial score (nSPS) is 9.47. The van der Waals surface area contributed by atoms with E-state index in [1.807, 2.05) is 31.2 Å². The molecule has 1 aromatic carbocycles. The minimum Gasteiger partial charge on any atom is -0.494 e. The first-order valence-electron chi connectivity index (χ1n) is 4.93. The van der Waals surface area contributed by atoms with Crippen LogP contribution in [0.1, 0.15) is 6.92 Å². The third kappa shape index (κ3) is 3.89. The van der Waals surface area contributed by atoms with E-state index in [0.717, 1.165) is 11.4 Å². The lowest BCUT2D eigenvalue weighted by atomic mass is 10.3. The molecule has 15 heavy (non-hydrogen) atoms. The highest BCUT2D eigenvalue weighted by atomic mass is 16.5. The van der Waals surface area contributed by atoms with Crippen LogP contribution >= 0.6 is 0 Å². The number of hydrogen-bond donors (Lipinski definition) is 2. The van der Waals surface area contributed by atoms with Gasteiger partial charge in [-0.2, -0.15) is 0 Å². The van der Waals surface area contributed by atoms with Crippen molar-refractivity contribution >= 4 is 11.6 Å². The van der Waals surface area contributed by atoms with Crippen LogP contribution in [0.25, 0.3) is 0 Å². The van der Waals surface area contributed by atoms with Crippen molar-refractivity contribution in [2.24, 2.45) is 0 Å². The number of benzene rings is 1. The second-order valence-corrected chi connectivity index (χ2v) is 2.98. The number of likely N-dealkylation sites (N-methyl/N-ethyl adjacent to an activating group) is 1. The van der Waals surface area contributed by atoms with E-state index in [0.29, 0.717) is 6.61 Å². The molecule has 1 rings (SSSR count).